The van der Waals surface area contributed by atoms with Crippen molar-refractivity contribution in [2.24, 2.45) is 0 Å². The van der Waals surface area contributed by atoms with Crippen molar-refractivity contribution in [3.8, 4) is 16.2 Å². The number of hydrogen-bond acceptors (Lipinski definition) is 5. The van der Waals surface area contributed by atoms with E-state index in [1.54, 1.807) is 29.8 Å². The first-order valence-electron chi connectivity index (χ1n) is 8.61. The van der Waals surface area contributed by atoms with Crippen LogP contribution in [-0.2, 0) is 0 Å². The number of benzene rings is 1. The highest BCUT2D eigenvalue weighted by molar-refractivity contribution is 7.17. The second-order valence-electron chi connectivity index (χ2n) is 6.56. The Labute approximate surface area is 159 Å². The molecule has 0 radical (unpaired) electrons. The minimum Gasteiger partial charge on any atom is -0.497 e. The van der Waals surface area contributed by atoms with Gasteiger partial charge in [-0.2, -0.15) is 0 Å². The smallest absolute Gasteiger partial charge is 0.130 e. The number of aliphatic hydroxyl groups excluding tert-OH is 1. The Hall–Kier alpha value is -2.15. The monoisotopic (exact) mass is 382 g/mol. The molecule has 0 spiro atoms. The molecule has 3 aromatic heterocycles. The third kappa shape index (κ3) is 2.65. The number of nitrogens with zero attached hydrogens (tertiary/aromatic N) is 2. The van der Waals surface area contributed by atoms with Crippen LogP contribution in [0.2, 0.25) is 0 Å². The van der Waals surface area contributed by atoms with E-state index in [1.165, 1.54) is 17.7 Å². The molecule has 1 fully saturated rings. The Morgan fingerprint density at radius 2 is 2.12 bits per heavy atom. The summed E-state index contributed by atoms with van der Waals surface area (Å²) in [4.78, 5) is 8.74. The maximum Gasteiger partial charge on any atom is 0.130 e. The number of imidazole rings is 1. The van der Waals surface area contributed by atoms with Crippen LogP contribution in [-0.4, -0.2) is 21.6 Å². The average molecular weight is 383 g/mol. The van der Waals surface area contributed by atoms with Gasteiger partial charge in [-0.3, -0.25) is 4.40 Å². The van der Waals surface area contributed by atoms with Crippen molar-refractivity contribution in [2.75, 3.05) is 7.11 Å². The molecule has 1 aromatic carbocycles. The van der Waals surface area contributed by atoms with Crippen molar-refractivity contribution in [3.05, 3.63) is 64.4 Å². The summed E-state index contributed by atoms with van der Waals surface area (Å²) in [5.41, 5.74) is 2.09. The van der Waals surface area contributed by atoms with Crippen molar-refractivity contribution in [3.63, 3.8) is 0 Å². The second kappa shape index (κ2) is 6.23. The molecule has 1 aliphatic rings. The van der Waals surface area contributed by atoms with Crippen molar-refractivity contribution in [1.29, 1.82) is 0 Å². The molecule has 0 bridgehead atoms. The Kier molecular flexibility index (Phi) is 3.85. The van der Waals surface area contributed by atoms with Gasteiger partial charge in [0.1, 0.15) is 23.0 Å². The fourth-order valence-corrected chi connectivity index (χ4v) is 5.59. The summed E-state index contributed by atoms with van der Waals surface area (Å²) in [7, 11) is 1.68. The molecule has 1 N–H and O–H groups in total. The van der Waals surface area contributed by atoms with Crippen LogP contribution >= 0.6 is 22.7 Å². The van der Waals surface area contributed by atoms with E-state index >= 15 is 0 Å². The van der Waals surface area contributed by atoms with Gasteiger partial charge < -0.3 is 9.84 Å². The third-order valence-electron chi connectivity index (χ3n) is 4.79. The normalized spacial score (nSPS) is 15.5. The van der Waals surface area contributed by atoms with Gasteiger partial charge in [0.25, 0.3) is 0 Å². The summed E-state index contributed by atoms with van der Waals surface area (Å²) in [6.07, 6.45) is 5.50. The minimum absolute atomic E-state index is 0.599. The van der Waals surface area contributed by atoms with E-state index in [2.05, 4.69) is 17.1 Å². The molecule has 3 heterocycles. The fourth-order valence-electron chi connectivity index (χ4n) is 3.29. The predicted molar refractivity (Wildman–Crippen MR) is 105 cm³/mol. The van der Waals surface area contributed by atoms with E-state index in [-0.39, 0.29) is 0 Å². The zero-order valence-corrected chi connectivity index (χ0v) is 15.9. The van der Waals surface area contributed by atoms with Gasteiger partial charge in [-0.15, -0.1) is 22.7 Å². The van der Waals surface area contributed by atoms with Crippen LogP contribution < -0.4 is 4.74 Å². The maximum absolute atomic E-state index is 11.2. The van der Waals surface area contributed by atoms with Crippen molar-refractivity contribution in [1.82, 2.24) is 9.38 Å². The first-order chi connectivity index (χ1) is 12.7. The zero-order chi connectivity index (χ0) is 17.7. The summed E-state index contributed by atoms with van der Waals surface area (Å²) >= 11 is 3.39. The zero-order valence-electron chi connectivity index (χ0n) is 14.3. The molecule has 4 nitrogen and oxygen atoms in total. The fraction of sp³-hybridized carbons (Fsp3) is 0.250. The van der Waals surface area contributed by atoms with Gasteiger partial charge in [-0.05, 0) is 48.6 Å². The van der Waals surface area contributed by atoms with Crippen molar-refractivity contribution < 1.29 is 9.84 Å². The topological polar surface area (TPSA) is 46.8 Å². The molecule has 4 aromatic rings. The van der Waals surface area contributed by atoms with Gasteiger partial charge in [0, 0.05) is 14.6 Å². The summed E-state index contributed by atoms with van der Waals surface area (Å²) < 4.78 is 7.37. The predicted octanol–water partition coefficient (Wildman–Crippen LogP) is 5.09. The molecule has 1 unspecified atom stereocenters. The van der Waals surface area contributed by atoms with Gasteiger partial charge in [0.2, 0.25) is 0 Å². The molecule has 26 heavy (non-hydrogen) atoms. The number of fused-ring (bicyclic) bond motifs is 1. The maximum atomic E-state index is 11.2. The SMILES string of the molecule is COc1cccc(-c2ccc(C(O)c3c(C4CC4)sc4cncn34)s2)c1. The Morgan fingerprint density at radius 3 is 2.92 bits per heavy atom. The number of methoxy groups -OCH3 is 1. The first-order valence-corrected chi connectivity index (χ1v) is 10.2. The van der Waals surface area contributed by atoms with E-state index in [4.69, 9.17) is 4.74 Å². The van der Waals surface area contributed by atoms with Crippen molar-refractivity contribution >= 4 is 27.5 Å². The number of rotatable bonds is 5. The Bertz CT molecular complexity index is 1070. The molecule has 6 heteroatoms. The summed E-state index contributed by atoms with van der Waals surface area (Å²) in [5.74, 6) is 1.44. The Morgan fingerprint density at radius 1 is 1.23 bits per heavy atom. The lowest BCUT2D eigenvalue weighted by Crippen LogP contribution is -2.03. The molecular weight excluding hydrogens is 364 g/mol. The van der Waals surface area contributed by atoms with Gasteiger partial charge >= 0.3 is 0 Å². The summed E-state index contributed by atoms with van der Waals surface area (Å²) in [5, 5.41) is 11.2. The average Bonchev–Trinajstić information content (AvgIpc) is 3.09. The quantitative estimate of drug-likeness (QED) is 0.523. The first kappa shape index (κ1) is 16.1. The number of ether oxygens (including phenoxy) is 1. The number of aromatic nitrogens is 2. The van der Waals surface area contributed by atoms with Crippen LogP contribution in [0.4, 0.5) is 0 Å². The van der Waals surface area contributed by atoms with Crippen LogP contribution in [0.5, 0.6) is 5.75 Å². The van der Waals surface area contributed by atoms with Crippen LogP contribution in [0.25, 0.3) is 15.3 Å². The molecular formula is C20H18N2O2S2. The van der Waals surface area contributed by atoms with E-state index in [1.807, 2.05) is 41.2 Å². The molecule has 1 aliphatic carbocycles. The number of aliphatic hydroxyl groups is 1. The molecule has 1 saturated carbocycles. The lowest BCUT2D eigenvalue weighted by Gasteiger charge is -2.10. The van der Waals surface area contributed by atoms with Gasteiger partial charge in [0.15, 0.2) is 0 Å². The van der Waals surface area contributed by atoms with Crippen LogP contribution in [0.3, 0.4) is 0 Å². The molecule has 0 amide bonds. The molecule has 132 valence electrons. The van der Waals surface area contributed by atoms with Gasteiger partial charge in [-0.1, -0.05) is 12.1 Å². The highest BCUT2D eigenvalue weighted by Crippen LogP contribution is 2.48. The number of thiophene rings is 1. The van der Waals surface area contributed by atoms with Crippen LogP contribution in [0.15, 0.2) is 48.9 Å². The summed E-state index contributed by atoms with van der Waals surface area (Å²) in [6, 6.07) is 12.1. The largest absolute Gasteiger partial charge is 0.497 e. The third-order valence-corrected chi connectivity index (χ3v) is 7.25. The van der Waals surface area contributed by atoms with Gasteiger partial charge in [0.05, 0.1) is 19.0 Å². The standard InChI is InChI=1S/C20H18N2O2S2/c1-24-14-4-2-3-13(9-14)15-7-8-16(25-15)19(23)18-20(12-5-6-12)26-17-10-21-11-22(17)18/h2-4,7-12,19,23H,5-6H2,1H3. The minimum atomic E-state index is -0.627. The molecule has 1 atom stereocenters. The van der Waals surface area contributed by atoms with E-state index < -0.39 is 6.10 Å². The second-order valence-corrected chi connectivity index (χ2v) is 8.74. The number of thiazole rings is 1. The Balaban J connectivity index is 1.54. The lowest BCUT2D eigenvalue weighted by atomic mass is 10.1. The van der Waals surface area contributed by atoms with E-state index in [0.29, 0.717) is 5.92 Å². The molecule has 5 rings (SSSR count). The highest BCUT2D eigenvalue weighted by Gasteiger charge is 2.33. The van der Waals surface area contributed by atoms with Crippen LogP contribution in [0.1, 0.15) is 40.3 Å². The van der Waals surface area contributed by atoms with Crippen LogP contribution in [0, 0.1) is 0 Å². The number of hydrogen-bond donors (Lipinski definition) is 1. The molecule has 0 aliphatic heterocycles. The summed E-state index contributed by atoms with van der Waals surface area (Å²) in [6.45, 7) is 0. The lowest BCUT2D eigenvalue weighted by molar-refractivity contribution is 0.217. The van der Waals surface area contributed by atoms with Crippen molar-refractivity contribution in [2.45, 2.75) is 24.9 Å². The van der Waals surface area contributed by atoms with E-state index in [0.717, 1.165) is 31.6 Å². The molecule has 0 saturated heterocycles. The van der Waals surface area contributed by atoms with Gasteiger partial charge in [-0.25, -0.2) is 4.98 Å². The highest BCUT2D eigenvalue weighted by atomic mass is 32.1. The van der Waals surface area contributed by atoms with E-state index in [9.17, 15) is 5.11 Å².